The van der Waals surface area contributed by atoms with Crippen LogP contribution in [0.15, 0.2) is 67.4 Å². The van der Waals surface area contributed by atoms with Crippen LogP contribution >= 0.6 is 0 Å². The highest BCUT2D eigenvalue weighted by atomic mass is 19.1. The molecule has 4 aromatic rings. The van der Waals surface area contributed by atoms with Crippen LogP contribution in [0.1, 0.15) is 24.2 Å². The number of rotatable bonds is 5. The Morgan fingerprint density at radius 3 is 2.60 bits per heavy atom. The second kappa shape index (κ2) is 8.32. The van der Waals surface area contributed by atoms with Gasteiger partial charge in [0.25, 0.3) is 0 Å². The number of benzene rings is 2. The molecule has 30 heavy (non-hydrogen) atoms. The molecule has 4 rings (SSSR count). The first kappa shape index (κ1) is 19.6. The van der Waals surface area contributed by atoms with Crippen molar-refractivity contribution in [1.29, 1.82) is 0 Å². The van der Waals surface area contributed by atoms with E-state index >= 15 is 0 Å². The zero-order valence-electron chi connectivity index (χ0n) is 16.1. The lowest BCUT2D eigenvalue weighted by Crippen LogP contribution is -2.29. The lowest BCUT2D eigenvalue weighted by molar-refractivity contribution is -0.119. The maximum atomic E-state index is 13.7. The van der Waals surface area contributed by atoms with Crippen LogP contribution in [0.2, 0.25) is 0 Å². The molecule has 2 aromatic heterocycles. The number of aromatic nitrogens is 3. The van der Waals surface area contributed by atoms with Crippen LogP contribution in [0, 0.1) is 11.6 Å². The minimum absolute atomic E-state index is 0.171. The van der Waals surface area contributed by atoms with Crippen LogP contribution in [0.5, 0.6) is 0 Å². The molecule has 0 fully saturated rings. The highest BCUT2D eigenvalue weighted by Gasteiger charge is 2.21. The Bertz CT molecular complexity index is 1200. The van der Waals surface area contributed by atoms with E-state index in [1.807, 2.05) is 24.3 Å². The van der Waals surface area contributed by atoms with E-state index in [2.05, 4.69) is 20.3 Å². The third-order valence-corrected chi connectivity index (χ3v) is 4.78. The van der Waals surface area contributed by atoms with Gasteiger partial charge >= 0.3 is 0 Å². The minimum Gasteiger partial charge on any atom is -0.348 e. The largest absolute Gasteiger partial charge is 0.348 e. The maximum Gasteiger partial charge on any atom is 0.217 e. The van der Waals surface area contributed by atoms with E-state index < -0.39 is 17.7 Å². The number of carbonyl (C=O) groups is 1. The summed E-state index contributed by atoms with van der Waals surface area (Å²) in [6.07, 6.45) is 6.72. The van der Waals surface area contributed by atoms with Gasteiger partial charge in [-0.3, -0.25) is 9.78 Å². The Morgan fingerprint density at radius 1 is 1.03 bits per heavy atom. The molecule has 7 heteroatoms. The van der Waals surface area contributed by atoms with Crippen LogP contribution in [-0.2, 0) is 11.2 Å². The van der Waals surface area contributed by atoms with E-state index in [4.69, 9.17) is 0 Å². The lowest BCUT2D eigenvalue weighted by Gasteiger charge is -2.21. The van der Waals surface area contributed by atoms with Gasteiger partial charge in [-0.2, -0.15) is 0 Å². The molecule has 1 amide bonds. The smallest absolute Gasteiger partial charge is 0.217 e. The summed E-state index contributed by atoms with van der Waals surface area (Å²) in [7, 11) is 0. The first-order valence-electron chi connectivity index (χ1n) is 9.36. The summed E-state index contributed by atoms with van der Waals surface area (Å²) < 4.78 is 27.4. The van der Waals surface area contributed by atoms with Crippen molar-refractivity contribution in [2.24, 2.45) is 0 Å². The number of nitrogens with zero attached hydrogens (tertiary/aromatic N) is 3. The molecule has 0 aliphatic rings. The fourth-order valence-corrected chi connectivity index (χ4v) is 3.61. The number of carbonyl (C=O) groups excluding carboxylic acids is 1. The van der Waals surface area contributed by atoms with Crippen molar-refractivity contribution < 1.29 is 13.6 Å². The number of hydrogen-bond acceptors (Lipinski definition) is 4. The summed E-state index contributed by atoms with van der Waals surface area (Å²) in [5.74, 6) is -1.62. The summed E-state index contributed by atoms with van der Waals surface area (Å²) in [5, 5.41) is 4.77. The molecule has 150 valence electrons. The number of pyridine rings is 1. The van der Waals surface area contributed by atoms with Gasteiger partial charge in [0, 0.05) is 42.5 Å². The van der Waals surface area contributed by atoms with Crippen molar-refractivity contribution in [2.75, 3.05) is 0 Å². The highest BCUT2D eigenvalue weighted by molar-refractivity contribution is 5.96. The second-order valence-electron chi connectivity index (χ2n) is 6.96. The Morgan fingerprint density at radius 2 is 1.83 bits per heavy atom. The molecular formula is C23H18F2N4O. The Kier molecular flexibility index (Phi) is 5.43. The number of amides is 1. The topological polar surface area (TPSA) is 67.8 Å². The van der Waals surface area contributed by atoms with Crippen LogP contribution in [0.4, 0.5) is 8.78 Å². The fraction of sp³-hybridized carbons (Fsp3) is 0.130. The van der Waals surface area contributed by atoms with Crippen molar-refractivity contribution in [1.82, 2.24) is 20.3 Å². The van der Waals surface area contributed by atoms with Gasteiger partial charge in [0.1, 0.15) is 18.0 Å². The number of halogens is 2. The average molecular weight is 404 g/mol. The number of hydrogen-bond donors (Lipinski definition) is 1. The molecular weight excluding hydrogens is 386 g/mol. The predicted molar refractivity (Wildman–Crippen MR) is 109 cm³/mol. The maximum absolute atomic E-state index is 13.7. The molecule has 0 saturated carbocycles. The van der Waals surface area contributed by atoms with Crippen LogP contribution < -0.4 is 5.32 Å². The summed E-state index contributed by atoms with van der Waals surface area (Å²) in [6, 6.07) is 10.4. The van der Waals surface area contributed by atoms with E-state index in [0.29, 0.717) is 11.3 Å². The first-order chi connectivity index (χ1) is 14.5. The normalized spacial score (nSPS) is 12.0. The van der Waals surface area contributed by atoms with Crippen LogP contribution in [-0.4, -0.2) is 20.9 Å². The van der Waals surface area contributed by atoms with Gasteiger partial charge in [-0.05, 0) is 41.1 Å². The van der Waals surface area contributed by atoms with Crippen molar-refractivity contribution in [3.8, 4) is 11.1 Å². The molecule has 0 spiro atoms. The highest BCUT2D eigenvalue weighted by Crippen LogP contribution is 2.33. The Labute approximate surface area is 171 Å². The molecule has 0 radical (unpaired) electrons. The van der Waals surface area contributed by atoms with Crippen LogP contribution in [0.25, 0.3) is 21.9 Å². The molecule has 1 atom stereocenters. The van der Waals surface area contributed by atoms with Gasteiger partial charge in [-0.1, -0.05) is 18.2 Å². The van der Waals surface area contributed by atoms with E-state index in [-0.39, 0.29) is 12.3 Å². The minimum atomic E-state index is -0.670. The van der Waals surface area contributed by atoms with Crippen molar-refractivity contribution in [3.63, 3.8) is 0 Å². The molecule has 2 aromatic carbocycles. The van der Waals surface area contributed by atoms with E-state index in [9.17, 15) is 13.6 Å². The van der Waals surface area contributed by atoms with Gasteiger partial charge < -0.3 is 5.32 Å². The van der Waals surface area contributed by atoms with Gasteiger partial charge in [-0.25, -0.2) is 18.7 Å². The van der Waals surface area contributed by atoms with Gasteiger partial charge in [0.05, 0.1) is 11.7 Å². The molecule has 5 nitrogen and oxygen atoms in total. The summed E-state index contributed by atoms with van der Waals surface area (Å²) in [6.45, 7) is 1.39. The predicted octanol–water partition coefficient (Wildman–Crippen LogP) is 4.39. The fourth-order valence-electron chi connectivity index (χ4n) is 3.61. The van der Waals surface area contributed by atoms with Gasteiger partial charge in [-0.15, -0.1) is 0 Å². The molecule has 0 bridgehead atoms. The van der Waals surface area contributed by atoms with E-state index in [0.717, 1.165) is 28.0 Å². The third kappa shape index (κ3) is 4.15. The summed E-state index contributed by atoms with van der Waals surface area (Å²) in [4.78, 5) is 24.7. The standard InChI is InChI=1S/C23H18F2N4O/c1-14(30)29-22(9-15-7-17(24)10-18(25)8-15)23-21(12-27-13-28-23)20-4-2-3-16-11-26-6-5-19(16)20/h2-8,10-13,22H,9H2,1H3,(H,29,30)/t22-/m0/s1. The quantitative estimate of drug-likeness (QED) is 0.536. The monoisotopic (exact) mass is 404 g/mol. The molecule has 1 N–H and O–H groups in total. The summed E-state index contributed by atoms with van der Waals surface area (Å²) >= 11 is 0. The van der Waals surface area contributed by atoms with E-state index in [1.54, 1.807) is 18.6 Å². The molecule has 2 heterocycles. The number of nitrogens with one attached hydrogen (secondary N) is 1. The third-order valence-electron chi connectivity index (χ3n) is 4.78. The van der Waals surface area contributed by atoms with Crippen LogP contribution in [0.3, 0.4) is 0 Å². The second-order valence-corrected chi connectivity index (χ2v) is 6.96. The molecule has 0 aliphatic heterocycles. The van der Waals surface area contributed by atoms with Crippen molar-refractivity contribution in [2.45, 2.75) is 19.4 Å². The zero-order valence-corrected chi connectivity index (χ0v) is 16.1. The Balaban J connectivity index is 1.83. The molecule has 0 unspecified atom stereocenters. The van der Waals surface area contributed by atoms with E-state index in [1.165, 1.54) is 25.4 Å². The van der Waals surface area contributed by atoms with Gasteiger partial charge in [0.15, 0.2) is 0 Å². The first-order valence-corrected chi connectivity index (χ1v) is 9.36. The van der Waals surface area contributed by atoms with Crippen molar-refractivity contribution in [3.05, 3.63) is 90.3 Å². The zero-order chi connectivity index (χ0) is 21.1. The average Bonchev–Trinajstić information content (AvgIpc) is 2.72. The Hall–Kier alpha value is -3.74. The molecule has 0 saturated heterocycles. The van der Waals surface area contributed by atoms with Gasteiger partial charge in [0.2, 0.25) is 5.91 Å². The lowest BCUT2D eigenvalue weighted by atomic mass is 9.94. The molecule has 0 aliphatic carbocycles. The SMILES string of the molecule is CC(=O)N[C@@H](Cc1cc(F)cc(F)c1)c1ncncc1-c1cccc2cnccc12. The van der Waals surface area contributed by atoms with Crippen molar-refractivity contribution >= 4 is 16.7 Å². The number of fused-ring (bicyclic) bond motifs is 1. The summed E-state index contributed by atoms with van der Waals surface area (Å²) in [5.41, 5.74) is 2.59.